The summed E-state index contributed by atoms with van der Waals surface area (Å²) >= 11 is 0. The Kier molecular flexibility index (Phi) is 5.05. The minimum atomic E-state index is -0.402. The lowest BCUT2D eigenvalue weighted by Gasteiger charge is -2.28. The van der Waals surface area contributed by atoms with E-state index in [-0.39, 0.29) is 12.7 Å². The lowest BCUT2D eigenvalue weighted by molar-refractivity contribution is 0.00542. The van der Waals surface area contributed by atoms with Crippen LogP contribution in [0.5, 0.6) is 11.5 Å². The topological polar surface area (TPSA) is 58.9 Å². The normalized spacial score (nSPS) is 23.1. The van der Waals surface area contributed by atoms with E-state index in [1.165, 1.54) is 0 Å². The molecule has 2 atom stereocenters. The molecule has 1 aromatic carbocycles. The SMILES string of the molecule is CCOc1cc(CO)ccc1OC1CCCCC1O. The van der Waals surface area contributed by atoms with Gasteiger partial charge in [0, 0.05) is 0 Å². The van der Waals surface area contributed by atoms with Gasteiger partial charge in [-0.05, 0) is 43.9 Å². The predicted molar refractivity (Wildman–Crippen MR) is 72.4 cm³/mol. The molecule has 2 rings (SSSR count). The first-order valence-corrected chi connectivity index (χ1v) is 6.96. The predicted octanol–water partition coefficient (Wildman–Crippen LogP) is 2.26. The minimum Gasteiger partial charge on any atom is -0.490 e. The standard InChI is InChI=1S/C15H22O4/c1-2-18-15-9-11(10-16)7-8-14(15)19-13-6-4-3-5-12(13)17/h7-9,12-13,16-17H,2-6,10H2,1H3. The van der Waals surface area contributed by atoms with Crippen molar-refractivity contribution in [3.63, 3.8) is 0 Å². The van der Waals surface area contributed by atoms with Crippen molar-refractivity contribution in [3.05, 3.63) is 23.8 Å². The number of hydrogen-bond acceptors (Lipinski definition) is 4. The lowest BCUT2D eigenvalue weighted by Crippen LogP contribution is -2.34. The molecule has 19 heavy (non-hydrogen) atoms. The second kappa shape index (κ2) is 6.78. The van der Waals surface area contributed by atoms with Gasteiger partial charge in [-0.3, -0.25) is 0 Å². The third-order valence-corrected chi connectivity index (χ3v) is 3.44. The molecule has 4 nitrogen and oxygen atoms in total. The summed E-state index contributed by atoms with van der Waals surface area (Å²) in [4.78, 5) is 0. The molecule has 2 unspecified atom stereocenters. The maximum absolute atomic E-state index is 9.95. The van der Waals surface area contributed by atoms with E-state index in [1.807, 2.05) is 13.0 Å². The van der Waals surface area contributed by atoms with E-state index in [0.29, 0.717) is 18.1 Å². The van der Waals surface area contributed by atoms with E-state index in [4.69, 9.17) is 14.6 Å². The second-order valence-electron chi connectivity index (χ2n) is 4.88. The van der Waals surface area contributed by atoms with E-state index < -0.39 is 6.10 Å². The molecular formula is C15H22O4. The summed E-state index contributed by atoms with van der Waals surface area (Å²) in [6, 6.07) is 5.40. The van der Waals surface area contributed by atoms with Gasteiger partial charge in [-0.15, -0.1) is 0 Å². The summed E-state index contributed by atoms with van der Waals surface area (Å²) in [5.74, 6) is 1.27. The van der Waals surface area contributed by atoms with Crippen molar-refractivity contribution in [1.29, 1.82) is 0 Å². The largest absolute Gasteiger partial charge is 0.490 e. The fourth-order valence-electron chi connectivity index (χ4n) is 2.39. The molecule has 0 bridgehead atoms. The van der Waals surface area contributed by atoms with Crippen molar-refractivity contribution in [2.75, 3.05) is 6.61 Å². The van der Waals surface area contributed by atoms with Crippen LogP contribution in [0.25, 0.3) is 0 Å². The van der Waals surface area contributed by atoms with Gasteiger partial charge < -0.3 is 19.7 Å². The first-order chi connectivity index (χ1) is 9.24. The number of hydrogen-bond donors (Lipinski definition) is 2. The Hall–Kier alpha value is -1.26. The molecule has 0 saturated heterocycles. The third kappa shape index (κ3) is 3.61. The fraction of sp³-hybridized carbons (Fsp3) is 0.600. The molecule has 0 heterocycles. The monoisotopic (exact) mass is 266 g/mol. The van der Waals surface area contributed by atoms with Crippen molar-refractivity contribution in [2.24, 2.45) is 0 Å². The highest BCUT2D eigenvalue weighted by atomic mass is 16.5. The molecular weight excluding hydrogens is 244 g/mol. The van der Waals surface area contributed by atoms with Crippen LogP contribution in [0, 0.1) is 0 Å². The molecule has 0 aromatic heterocycles. The van der Waals surface area contributed by atoms with Crippen molar-refractivity contribution in [3.8, 4) is 11.5 Å². The van der Waals surface area contributed by atoms with Crippen LogP contribution in [0.15, 0.2) is 18.2 Å². The number of aliphatic hydroxyl groups excluding tert-OH is 2. The van der Waals surface area contributed by atoms with Crippen molar-refractivity contribution >= 4 is 0 Å². The molecule has 0 amide bonds. The molecule has 0 spiro atoms. The Balaban J connectivity index is 2.13. The van der Waals surface area contributed by atoms with Crippen LogP contribution in [0.4, 0.5) is 0 Å². The molecule has 1 saturated carbocycles. The first-order valence-electron chi connectivity index (χ1n) is 6.96. The van der Waals surface area contributed by atoms with Gasteiger partial charge in [0.2, 0.25) is 0 Å². The van der Waals surface area contributed by atoms with Gasteiger partial charge in [0.25, 0.3) is 0 Å². The molecule has 4 heteroatoms. The highest BCUT2D eigenvalue weighted by Gasteiger charge is 2.25. The Morgan fingerprint density at radius 3 is 2.68 bits per heavy atom. The van der Waals surface area contributed by atoms with Crippen LogP contribution in [0.3, 0.4) is 0 Å². The average molecular weight is 266 g/mol. The van der Waals surface area contributed by atoms with Crippen LogP contribution in [0.2, 0.25) is 0 Å². The van der Waals surface area contributed by atoms with E-state index >= 15 is 0 Å². The average Bonchev–Trinajstić information content (AvgIpc) is 2.43. The second-order valence-corrected chi connectivity index (χ2v) is 4.88. The van der Waals surface area contributed by atoms with Gasteiger partial charge in [0.15, 0.2) is 11.5 Å². The van der Waals surface area contributed by atoms with E-state index in [2.05, 4.69) is 0 Å². The number of aliphatic hydroxyl groups is 2. The number of rotatable bonds is 5. The maximum Gasteiger partial charge on any atom is 0.161 e. The quantitative estimate of drug-likeness (QED) is 0.858. The van der Waals surface area contributed by atoms with Gasteiger partial charge in [-0.25, -0.2) is 0 Å². The zero-order chi connectivity index (χ0) is 13.7. The molecule has 1 aliphatic carbocycles. The Bertz CT molecular complexity index is 405. The highest BCUT2D eigenvalue weighted by Crippen LogP contribution is 2.32. The Morgan fingerprint density at radius 2 is 2.00 bits per heavy atom. The van der Waals surface area contributed by atoms with Crippen molar-refractivity contribution in [1.82, 2.24) is 0 Å². The smallest absolute Gasteiger partial charge is 0.161 e. The highest BCUT2D eigenvalue weighted by molar-refractivity contribution is 5.43. The van der Waals surface area contributed by atoms with Crippen molar-refractivity contribution in [2.45, 2.75) is 51.4 Å². The van der Waals surface area contributed by atoms with Gasteiger partial charge >= 0.3 is 0 Å². The first kappa shape index (κ1) is 14.2. The Morgan fingerprint density at radius 1 is 1.21 bits per heavy atom. The summed E-state index contributed by atoms with van der Waals surface area (Å²) < 4.78 is 11.4. The lowest BCUT2D eigenvalue weighted by atomic mass is 9.95. The summed E-state index contributed by atoms with van der Waals surface area (Å²) in [6.07, 6.45) is 3.25. The van der Waals surface area contributed by atoms with E-state index in [0.717, 1.165) is 31.2 Å². The van der Waals surface area contributed by atoms with Crippen molar-refractivity contribution < 1.29 is 19.7 Å². The molecule has 1 aliphatic rings. The summed E-state index contributed by atoms with van der Waals surface area (Å²) in [6.45, 7) is 2.43. The Labute approximate surface area is 114 Å². The summed E-state index contributed by atoms with van der Waals surface area (Å²) in [5.41, 5.74) is 0.792. The summed E-state index contributed by atoms with van der Waals surface area (Å²) in [5, 5.41) is 19.1. The molecule has 2 N–H and O–H groups in total. The molecule has 1 aromatic rings. The number of benzene rings is 1. The van der Waals surface area contributed by atoms with Gasteiger partial charge in [-0.2, -0.15) is 0 Å². The zero-order valence-corrected chi connectivity index (χ0v) is 11.3. The zero-order valence-electron chi connectivity index (χ0n) is 11.3. The van der Waals surface area contributed by atoms with Crippen LogP contribution in [-0.4, -0.2) is 29.0 Å². The molecule has 1 fully saturated rings. The molecule has 0 radical (unpaired) electrons. The number of ether oxygens (including phenoxy) is 2. The third-order valence-electron chi connectivity index (χ3n) is 3.44. The van der Waals surface area contributed by atoms with Crippen LogP contribution >= 0.6 is 0 Å². The van der Waals surface area contributed by atoms with Crippen LogP contribution < -0.4 is 9.47 Å². The molecule has 106 valence electrons. The fourth-order valence-corrected chi connectivity index (χ4v) is 2.39. The van der Waals surface area contributed by atoms with Gasteiger partial charge in [0.05, 0.1) is 19.3 Å². The van der Waals surface area contributed by atoms with Crippen LogP contribution in [-0.2, 0) is 6.61 Å². The van der Waals surface area contributed by atoms with E-state index in [9.17, 15) is 5.11 Å². The van der Waals surface area contributed by atoms with Gasteiger partial charge in [-0.1, -0.05) is 12.5 Å². The van der Waals surface area contributed by atoms with Gasteiger partial charge in [0.1, 0.15) is 6.10 Å². The minimum absolute atomic E-state index is 0.0214. The maximum atomic E-state index is 9.95. The van der Waals surface area contributed by atoms with E-state index in [1.54, 1.807) is 12.1 Å². The molecule has 0 aliphatic heterocycles. The van der Waals surface area contributed by atoms with Crippen LogP contribution in [0.1, 0.15) is 38.2 Å². The summed E-state index contributed by atoms with van der Waals surface area (Å²) in [7, 11) is 0.